The summed E-state index contributed by atoms with van der Waals surface area (Å²) in [4.78, 5) is 0. The summed E-state index contributed by atoms with van der Waals surface area (Å²) in [5, 5.41) is 4.06. The number of hydrogen-bond donors (Lipinski definition) is 1. The van der Waals surface area contributed by atoms with Gasteiger partial charge in [0.25, 0.3) is 0 Å². The van der Waals surface area contributed by atoms with E-state index >= 15 is 0 Å². The highest BCUT2D eigenvalue weighted by atomic mass is 19.2. The molecule has 1 atom stereocenters. The van der Waals surface area contributed by atoms with Gasteiger partial charge < -0.3 is 5.73 Å². The summed E-state index contributed by atoms with van der Waals surface area (Å²) in [5.74, 6) is -1.82. The van der Waals surface area contributed by atoms with Crippen molar-refractivity contribution in [3.05, 3.63) is 53.4 Å². The molecule has 2 N–H and O–H groups in total. The third-order valence-corrected chi connectivity index (χ3v) is 2.37. The van der Waals surface area contributed by atoms with Crippen LogP contribution < -0.4 is 5.73 Å². The van der Waals surface area contributed by atoms with Gasteiger partial charge in [-0.2, -0.15) is 5.10 Å². The van der Waals surface area contributed by atoms with Gasteiger partial charge in [-0.05, 0) is 12.1 Å². The van der Waals surface area contributed by atoms with Crippen molar-refractivity contribution in [3.63, 3.8) is 0 Å². The molecule has 0 aliphatic rings. The Labute approximate surface area is 91.5 Å². The van der Waals surface area contributed by atoms with Crippen molar-refractivity contribution in [2.75, 3.05) is 0 Å². The van der Waals surface area contributed by atoms with Crippen LogP contribution in [0, 0.1) is 11.6 Å². The first-order chi connectivity index (χ1) is 7.59. The van der Waals surface area contributed by atoms with E-state index < -0.39 is 17.7 Å². The third kappa shape index (κ3) is 1.81. The lowest BCUT2D eigenvalue weighted by molar-refractivity contribution is 0.493. The molecule has 0 bridgehead atoms. The number of hydrogen-bond acceptors (Lipinski definition) is 2. The highest BCUT2D eigenvalue weighted by Crippen LogP contribution is 2.22. The fraction of sp³-hybridized carbons (Fsp3) is 0.182. The molecule has 0 amide bonds. The summed E-state index contributed by atoms with van der Waals surface area (Å²) in [6.45, 7) is 0. The molecule has 16 heavy (non-hydrogen) atoms. The standard InChI is InChI=1S/C11H11F2N3/c1-16-6-5-9(15-16)11(14)7-3-2-4-8(12)10(7)13/h2-6,11H,14H2,1H3. The van der Waals surface area contributed by atoms with E-state index in [0.29, 0.717) is 5.69 Å². The first-order valence-electron chi connectivity index (χ1n) is 4.78. The summed E-state index contributed by atoms with van der Waals surface area (Å²) in [7, 11) is 1.73. The van der Waals surface area contributed by atoms with Crippen LogP contribution in [-0.4, -0.2) is 9.78 Å². The van der Waals surface area contributed by atoms with E-state index in [2.05, 4.69) is 5.10 Å². The van der Waals surface area contributed by atoms with Crippen LogP contribution >= 0.6 is 0 Å². The summed E-state index contributed by atoms with van der Waals surface area (Å²) < 4.78 is 28.0. The largest absolute Gasteiger partial charge is 0.319 e. The van der Waals surface area contributed by atoms with Gasteiger partial charge in [0.1, 0.15) is 0 Å². The molecule has 1 aromatic carbocycles. The third-order valence-electron chi connectivity index (χ3n) is 2.37. The predicted octanol–water partition coefficient (Wildman–Crippen LogP) is 1.75. The lowest BCUT2D eigenvalue weighted by Crippen LogP contribution is -2.15. The Bertz CT molecular complexity index is 508. The number of nitrogens with zero attached hydrogens (tertiary/aromatic N) is 2. The van der Waals surface area contributed by atoms with E-state index in [1.807, 2.05) is 0 Å². The van der Waals surface area contributed by atoms with Gasteiger partial charge in [-0.15, -0.1) is 0 Å². The van der Waals surface area contributed by atoms with Gasteiger partial charge in [-0.3, -0.25) is 4.68 Å². The maximum Gasteiger partial charge on any atom is 0.163 e. The molecule has 0 aliphatic carbocycles. The quantitative estimate of drug-likeness (QED) is 0.842. The molecule has 2 aromatic rings. The number of halogens is 2. The van der Waals surface area contributed by atoms with Crippen LogP contribution in [0.5, 0.6) is 0 Å². The molecular formula is C11H11F2N3. The van der Waals surface area contributed by atoms with Crippen molar-refractivity contribution in [3.8, 4) is 0 Å². The SMILES string of the molecule is Cn1ccc(C(N)c2cccc(F)c2F)n1. The second-order valence-corrected chi connectivity index (χ2v) is 3.53. The molecule has 1 aromatic heterocycles. The molecule has 5 heteroatoms. The number of aromatic nitrogens is 2. The first kappa shape index (κ1) is 10.8. The van der Waals surface area contributed by atoms with Crippen LogP contribution in [0.4, 0.5) is 8.78 Å². The van der Waals surface area contributed by atoms with Crippen molar-refractivity contribution in [2.45, 2.75) is 6.04 Å². The minimum absolute atomic E-state index is 0.110. The minimum atomic E-state index is -0.916. The van der Waals surface area contributed by atoms with Crippen LogP contribution in [0.2, 0.25) is 0 Å². The lowest BCUT2D eigenvalue weighted by Gasteiger charge is -2.10. The maximum absolute atomic E-state index is 13.5. The molecule has 3 nitrogen and oxygen atoms in total. The molecule has 1 unspecified atom stereocenters. The zero-order valence-corrected chi connectivity index (χ0v) is 8.69. The van der Waals surface area contributed by atoms with Gasteiger partial charge in [-0.1, -0.05) is 12.1 Å². The predicted molar refractivity (Wildman–Crippen MR) is 55.6 cm³/mol. The molecule has 0 fully saturated rings. The zero-order valence-electron chi connectivity index (χ0n) is 8.69. The first-order valence-corrected chi connectivity index (χ1v) is 4.78. The average Bonchev–Trinajstić information content (AvgIpc) is 2.68. The fourth-order valence-electron chi connectivity index (χ4n) is 1.52. The molecule has 2 rings (SSSR count). The van der Waals surface area contributed by atoms with Gasteiger partial charge in [-0.25, -0.2) is 8.78 Å². The molecule has 0 saturated heterocycles. The second kappa shape index (κ2) is 4.02. The zero-order chi connectivity index (χ0) is 11.7. The van der Waals surface area contributed by atoms with Crippen LogP contribution in [0.15, 0.2) is 30.5 Å². The van der Waals surface area contributed by atoms with Crippen molar-refractivity contribution in [2.24, 2.45) is 12.8 Å². The minimum Gasteiger partial charge on any atom is -0.319 e. The van der Waals surface area contributed by atoms with Crippen LogP contribution in [0.1, 0.15) is 17.3 Å². The highest BCUT2D eigenvalue weighted by Gasteiger charge is 2.17. The number of nitrogens with two attached hydrogens (primary N) is 1. The van der Waals surface area contributed by atoms with E-state index in [1.54, 1.807) is 24.0 Å². The van der Waals surface area contributed by atoms with Crippen LogP contribution in [-0.2, 0) is 7.05 Å². The van der Waals surface area contributed by atoms with E-state index in [4.69, 9.17) is 5.73 Å². The van der Waals surface area contributed by atoms with E-state index in [9.17, 15) is 8.78 Å². The monoisotopic (exact) mass is 223 g/mol. The van der Waals surface area contributed by atoms with Gasteiger partial charge in [0.2, 0.25) is 0 Å². The van der Waals surface area contributed by atoms with Gasteiger partial charge >= 0.3 is 0 Å². The summed E-state index contributed by atoms with van der Waals surface area (Å²) in [5.41, 5.74) is 6.43. The van der Waals surface area contributed by atoms with E-state index in [-0.39, 0.29) is 5.56 Å². The second-order valence-electron chi connectivity index (χ2n) is 3.53. The maximum atomic E-state index is 13.5. The molecule has 0 aliphatic heterocycles. The summed E-state index contributed by atoms with van der Waals surface area (Å²) in [6.07, 6.45) is 1.70. The Morgan fingerprint density at radius 3 is 2.69 bits per heavy atom. The molecule has 1 heterocycles. The van der Waals surface area contributed by atoms with Crippen molar-refractivity contribution in [1.82, 2.24) is 9.78 Å². The Kier molecular flexibility index (Phi) is 2.70. The van der Waals surface area contributed by atoms with E-state index in [0.717, 1.165) is 6.07 Å². The highest BCUT2D eigenvalue weighted by molar-refractivity contribution is 5.28. The smallest absolute Gasteiger partial charge is 0.163 e. The normalized spacial score (nSPS) is 12.8. The average molecular weight is 223 g/mol. The fourth-order valence-corrected chi connectivity index (χ4v) is 1.52. The van der Waals surface area contributed by atoms with Crippen LogP contribution in [0.3, 0.4) is 0 Å². The molecule has 0 radical (unpaired) electrons. The Morgan fingerprint density at radius 2 is 2.06 bits per heavy atom. The number of benzene rings is 1. The Morgan fingerprint density at radius 1 is 1.31 bits per heavy atom. The number of aryl methyl sites for hydroxylation is 1. The van der Waals surface area contributed by atoms with Gasteiger partial charge in [0, 0.05) is 18.8 Å². The molecule has 84 valence electrons. The topological polar surface area (TPSA) is 43.8 Å². The molecular weight excluding hydrogens is 212 g/mol. The Hall–Kier alpha value is -1.75. The van der Waals surface area contributed by atoms with Crippen molar-refractivity contribution < 1.29 is 8.78 Å². The van der Waals surface area contributed by atoms with Gasteiger partial charge in [0.05, 0.1) is 11.7 Å². The molecule has 0 saturated carbocycles. The summed E-state index contributed by atoms with van der Waals surface area (Å²) >= 11 is 0. The van der Waals surface area contributed by atoms with Crippen LogP contribution in [0.25, 0.3) is 0 Å². The van der Waals surface area contributed by atoms with Gasteiger partial charge in [0.15, 0.2) is 11.6 Å². The Balaban J connectivity index is 2.41. The lowest BCUT2D eigenvalue weighted by atomic mass is 10.0. The molecule has 0 spiro atoms. The van der Waals surface area contributed by atoms with Crippen molar-refractivity contribution >= 4 is 0 Å². The summed E-state index contributed by atoms with van der Waals surface area (Å²) in [6, 6.07) is 4.87. The van der Waals surface area contributed by atoms with E-state index in [1.165, 1.54) is 12.1 Å². The van der Waals surface area contributed by atoms with Crippen molar-refractivity contribution in [1.29, 1.82) is 0 Å². The number of rotatable bonds is 2.